The normalized spacial score (nSPS) is 21.3. The lowest BCUT2D eigenvalue weighted by atomic mass is 9.94. The van der Waals surface area contributed by atoms with Gasteiger partial charge < -0.3 is 24.4 Å². The Kier molecular flexibility index (Phi) is 10.0. The molecule has 0 saturated carbocycles. The zero-order chi connectivity index (χ0) is 34.9. The third-order valence-electron chi connectivity index (χ3n) is 9.13. The summed E-state index contributed by atoms with van der Waals surface area (Å²) in [5.41, 5.74) is 1.92. The number of carbonyl (C=O) groups excluding carboxylic acids is 3. The van der Waals surface area contributed by atoms with E-state index in [1.165, 1.54) is 36.6 Å². The first-order chi connectivity index (χ1) is 23.6. The van der Waals surface area contributed by atoms with Gasteiger partial charge >= 0.3 is 12.0 Å². The number of nitrogens with one attached hydrogen (secondary N) is 1. The number of aromatic nitrogens is 1. The molecule has 3 aliphatic heterocycles. The Morgan fingerprint density at radius 1 is 1.18 bits per heavy atom. The molecule has 6 rings (SSSR count). The number of carbonyl (C=O) groups is 3. The topological polar surface area (TPSA) is 126 Å². The maximum absolute atomic E-state index is 14.1. The third kappa shape index (κ3) is 6.78. The van der Waals surface area contributed by atoms with E-state index in [-0.39, 0.29) is 35.3 Å². The average molecular weight is 711 g/mol. The van der Waals surface area contributed by atoms with Crippen LogP contribution in [-0.4, -0.2) is 98.2 Å². The Balaban J connectivity index is 1.32. The number of esters is 1. The molecule has 0 radical (unpaired) electrons. The van der Waals surface area contributed by atoms with E-state index in [4.69, 9.17) is 30.8 Å². The molecule has 2 aromatic carbocycles. The predicted molar refractivity (Wildman–Crippen MR) is 182 cm³/mol. The highest BCUT2D eigenvalue weighted by atomic mass is 35.5. The van der Waals surface area contributed by atoms with Crippen molar-refractivity contribution >= 4 is 52.9 Å². The third-order valence-corrected chi connectivity index (χ3v) is 10.2. The Morgan fingerprint density at radius 2 is 1.96 bits per heavy atom. The molecule has 258 valence electrons. The van der Waals surface area contributed by atoms with Crippen molar-refractivity contribution in [3.63, 3.8) is 0 Å². The van der Waals surface area contributed by atoms with Crippen molar-refractivity contribution in [3.05, 3.63) is 92.3 Å². The molecule has 0 spiro atoms. The summed E-state index contributed by atoms with van der Waals surface area (Å²) in [4.78, 5) is 53.3. The molecular formula is C34H36ClFN6O6S. The van der Waals surface area contributed by atoms with Gasteiger partial charge in [-0.25, -0.2) is 19.0 Å². The Labute approximate surface area is 292 Å². The van der Waals surface area contributed by atoms with Crippen LogP contribution < -0.4 is 10.2 Å². The number of amides is 2. The van der Waals surface area contributed by atoms with Crippen molar-refractivity contribution in [2.24, 2.45) is 4.99 Å². The number of amidine groups is 1. The Morgan fingerprint density at radius 3 is 2.61 bits per heavy atom. The molecule has 0 unspecified atom stereocenters. The highest BCUT2D eigenvalue weighted by Gasteiger charge is 2.47. The summed E-state index contributed by atoms with van der Waals surface area (Å²) < 4.78 is 30.3. The zero-order valence-corrected chi connectivity index (χ0v) is 29.0. The number of halogens is 2. The van der Waals surface area contributed by atoms with Crippen LogP contribution in [0.2, 0.25) is 5.02 Å². The lowest BCUT2D eigenvalue weighted by molar-refractivity contribution is -0.141. The Bertz CT molecular complexity index is 1790. The van der Waals surface area contributed by atoms with Gasteiger partial charge in [0, 0.05) is 66.8 Å². The van der Waals surface area contributed by atoms with Crippen LogP contribution in [0, 0.1) is 5.82 Å². The average Bonchev–Trinajstić information content (AvgIpc) is 3.74. The number of hydrogen-bond acceptors (Lipinski definition) is 11. The fourth-order valence-corrected chi connectivity index (χ4v) is 7.46. The van der Waals surface area contributed by atoms with Gasteiger partial charge in [0.1, 0.15) is 17.5 Å². The van der Waals surface area contributed by atoms with Crippen LogP contribution in [0.5, 0.6) is 0 Å². The van der Waals surface area contributed by atoms with Gasteiger partial charge in [0.15, 0.2) is 10.8 Å². The minimum absolute atomic E-state index is 0.114. The number of benzene rings is 2. The molecule has 1 N–H and O–H groups in total. The number of hydrogen-bond donors (Lipinski definition) is 1. The monoisotopic (exact) mass is 710 g/mol. The molecule has 0 bridgehead atoms. The summed E-state index contributed by atoms with van der Waals surface area (Å²) in [6.07, 6.45) is 1.66. The van der Waals surface area contributed by atoms with Gasteiger partial charge in [-0.15, -0.1) is 11.3 Å². The van der Waals surface area contributed by atoms with Crippen LogP contribution in [0.1, 0.15) is 36.0 Å². The summed E-state index contributed by atoms with van der Waals surface area (Å²) in [5.74, 6) is -0.677. The number of methoxy groups -OCH3 is 2. The predicted octanol–water partition coefficient (Wildman–Crippen LogP) is 4.50. The van der Waals surface area contributed by atoms with Crippen molar-refractivity contribution in [2.45, 2.75) is 37.6 Å². The van der Waals surface area contributed by atoms with Crippen LogP contribution >= 0.6 is 22.9 Å². The fourth-order valence-electron chi connectivity index (χ4n) is 6.60. The van der Waals surface area contributed by atoms with Gasteiger partial charge in [-0.3, -0.25) is 19.6 Å². The van der Waals surface area contributed by atoms with E-state index in [1.54, 1.807) is 32.1 Å². The van der Waals surface area contributed by atoms with E-state index in [9.17, 15) is 18.8 Å². The van der Waals surface area contributed by atoms with Gasteiger partial charge in [-0.1, -0.05) is 29.8 Å². The first-order valence-corrected chi connectivity index (χ1v) is 16.9. The van der Waals surface area contributed by atoms with Crippen LogP contribution in [0.3, 0.4) is 0 Å². The summed E-state index contributed by atoms with van der Waals surface area (Å²) in [6, 6.07) is 9.91. The summed E-state index contributed by atoms with van der Waals surface area (Å²) >= 11 is 7.91. The van der Waals surface area contributed by atoms with Gasteiger partial charge in [0.25, 0.3) is 6.47 Å². The van der Waals surface area contributed by atoms with Gasteiger partial charge in [0.2, 0.25) is 0 Å². The van der Waals surface area contributed by atoms with Crippen LogP contribution in [-0.2, 0) is 29.4 Å². The molecule has 0 aliphatic carbocycles. The number of rotatable bonds is 11. The summed E-state index contributed by atoms with van der Waals surface area (Å²) in [7, 11) is 2.91. The van der Waals surface area contributed by atoms with Crippen molar-refractivity contribution in [1.29, 1.82) is 0 Å². The molecule has 2 amide bonds. The van der Waals surface area contributed by atoms with Crippen LogP contribution in [0.15, 0.2) is 70.3 Å². The second kappa shape index (κ2) is 14.2. The summed E-state index contributed by atoms with van der Waals surface area (Å²) in [5, 5.41) is 5.89. The van der Waals surface area contributed by atoms with E-state index < -0.39 is 23.4 Å². The molecular weight excluding hydrogens is 675 g/mol. The van der Waals surface area contributed by atoms with Gasteiger partial charge in [0.05, 0.1) is 31.4 Å². The number of anilines is 1. The molecule has 49 heavy (non-hydrogen) atoms. The molecule has 3 aromatic rings. The molecule has 3 aliphatic rings. The highest BCUT2D eigenvalue weighted by Crippen LogP contribution is 2.38. The van der Waals surface area contributed by atoms with E-state index in [0.29, 0.717) is 54.8 Å². The van der Waals surface area contributed by atoms with Crippen molar-refractivity contribution < 1.29 is 33.0 Å². The molecule has 15 heteroatoms. The first kappa shape index (κ1) is 34.5. The number of urea groups is 1. The number of fused-ring (bicyclic) bond motifs is 1. The first-order valence-electron chi connectivity index (χ1n) is 15.6. The fraction of sp³-hybridized carbons (Fsp3) is 0.382. The minimum Gasteiger partial charge on any atom is -0.466 e. The summed E-state index contributed by atoms with van der Waals surface area (Å²) in [6.45, 7) is 5.95. The number of nitrogens with zero attached hydrogens (tertiary/aromatic N) is 5. The second-order valence-electron chi connectivity index (χ2n) is 12.3. The van der Waals surface area contributed by atoms with E-state index >= 15 is 0 Å². The van der Waals surface area contributed by atoms with Crippen molar-refractivity contribution in [1.82, 2.24) is 20.1 Å². The SMILES string of the molecule is COC[C@H]1[C@@H]2CN(c3ccc(C(C)(C)OC=O)cc3)C(=O)N2CCN1CC1=C(C(=O)OC)[C@H](c2ccc(F)cc2Cl)N=C(c2nccs2)N1. The maximum Gasteiger partial charge on any atom is 0.338 e. The number of piperazine rings is 1. The maximum atomic E-state index is 14.1. The van der Waals surface area contributed by atoms with E-state index in [1.807, 2.05) is 34.5 Å². The van der Waals surface area contributed by atoms with Crippen LogP contribution in [0.25, 0.3) is 0 Å². The largest absolute Gasteiger partial charge is 0.466 e. The van der Waals surface area contributed by atoms with E-state index in [0.717, 1.165) is 11.3 Å². The molecule has 2 saturated heterocycles. The minimum atomic E-state index is -0.897. The van der Waals surface area contributed by atoms with Gasteiger partial charge in [-0.2, -0.15) is 0 Å². The number of thiazole rings is 1. The second-order valence-corrected chi connectivity index (χ2v) is 13.6. The lowest BCUT2D eigenvalue weighted by Gasteiger charge is -2.44. The number of aliphatic imine (C=N–C) groups is 1. The Hall–Kier alpha value is -4.37. The molecule has 12 nitrogen and oxygen atoms in total. The standard InChI is InChI=1S/C34H36ClFN6O6S/c1-34(2,48-19-43)20-5-8-22(9-6-20)42-17-26-27(18-46-3)40(12-13-41(26)33(42)45)16-25-28(32(44)47-4)29(23-10-7-21(36)15-24(23)35)39-30(38-25)31-37-11-14-49-31/h5-11,14-15,19,26-27,29H,12-13,16-18H2,1-4H3,(H,38,39)/t26-,27-,29-/m0/s1. The highest BCUT2D eigenvalue weighted by molar-refractivity contribution is 7.11. The molecule has 4 heterocycles. The molecule has 3 atom stereocenters. The quantitative estimate of drug-likeness (QED) is 0.226. The zero-order valence-electron chi connectivity index (χ0n) is 27.4. The molecule has 2 fully saturated rings. The van der Waals surface area contributed by atoms with Crippen molar-refractivity contribution in [3.8, 4) is 0 Å². The van der Waals surface area contributed by atoms with Gasteiger partial charge in [-0.05, 0) is 43.7 Å². The number of ether oxygens (including phenoxy) is 3. The van der Waals surface area contributed by atoms with Crippen molar-refractivity contribution in [2.75, 3.05) is 51.9 Å². The lowest BCUT2D eigenvalue weighted by Crippen LogP contribution is -2.61. The van der Waals surface area contributed by atoms with Crippen LogP contribution in [0.4, 0.5) is 14.9 Å². The molecule has 1 aromatic heterocycles. The van der Waals surface area contributed by atoms with E-state index in [2.05, 4.69) is 15.2 Å². The smallest absolute Gasteiger partial charge is 0.338 e.